The summed E-state index contributed by atoms with van der Waals surface area (Å²) in [6.45, 7) is 0.640. The van der Waals surface area contributed by atoms with E-state index in [9.17, 15) is 4.79 Å². The van der Waals surface area contributed by atoms with Gasteiger partial charge in [0.15, 0.2) is 0 Å². The topological polar surface area (TPSA) is 38.3 Å². The Balaban J connectivity index is 2.21. The Bertz CT molecular complexity index is 316. The van der Waals surface area contributed by atoms with Crippen molar-refractivity contribution in [3.05, 3.63) is 35.9 Å². The van der Waals surface area contributed by atoms with E-state index >= 15 is 0 Å². The van der Waals surface area contributed by atoms with Crippen LogP contribution in [-0.2, 0) is 4.74 Å². The zero-order valence-electron chi connectivity index (χ0n) is 9.28. The Kier molecular flexibility index (Phi) is 5.93. The van der Waals surface area contributed by atoms with Crippen LogP contribution in [0.15, 0.2) is 30.3 Å². The molecule has 1 unspecified atom stereocenters. The zero-order valence-corrected chi connectivity index (χ0v) is 10.9. The van der Waals surface area contributed by atoms with Gasteiger partial charge in [0.05, 0.1) is 7.11 Å². The zero-order chi connectivity index (χ0) is 11.8. The molecule has 16 heavy (non-hydrogen) atoms. The van der Waals surface area contributed by atoms with E-state index in [4.69, 9.17) is 0 Å². The number of methoxy groups -OCH3 is 1. The number of alkyl carbamates (subject to hydrolysis) is 1. The van der Waals surface area contributed by atoms with Gasteiger partial charge in [-0.25, -0.2) is 4.79 Å². The van der Waals surface area contributed by atoms with Crippen LogP contribution in [-0.4, -0.2) is 19.7 Å². The first-order valence-corrected chi connectivity index (χ1v) is 6.16. The molecule has 0 aromatic heterocycles. The maximum absolute atomic E-state index is 10.8. The summed E-state index contributed by atoms with van der Waals surface area (Å²) in [5, 5.41) is 2.66. The monoisotopic (exact) mass is 285 g/mol. The molecule has 1 atom stereocenters. The largest absolute Gasteiger partial charge is 0.453 e. The van der Waals surface area contributed by atoms with Crippen LogP contribution < -0.4 is 5.32 Å². The highest BCUT2D eigenvalue weighted by Gasteiger charge is 2.06. The molecular weight excluding hydrogens is 270 g/mol. The molecule has 1 amide bonds. The highest BCUT2D eigenvalue weighted by atomic mass is 79.9. The summed E-state index contributed by atoms with van der Waals surface area (Å²) in [6, 6.07) is 10.2. The van der Waals surface area contributed by atoms with Gasteiger partial charge in [0.2, 0.25) is 0 Å². The minimum atomic E-state index is -0.370. The molecule has 0 aliphatic carbocycles. The fourth-order valence-corrected chi connectivity index (χ4v) is 2.00. The summed E-state index contributed by atoms with van der Waals surface area (Å²) in [7, 11) is 1.37. The number of halogens is 1. The number of alkyl halides is 1. The lowest BCUT2D eigenvalue weighted by Crippen LogP contribution is -2.24. The number of benzene rings is 1. The van der Waals surface area contributed by atoms with E-state index in [1.807, 2.05) is 18.2 Å². The van der Waals surface area contributed by atoms with Crippen molar-refractivity contribution in [2.75, 3.05) is 13.7 Å². The van der Waals surface area contributed by atoms with Gasteiger partial charge in [-0.15, -0.1) is 0 Å². The highest BCUT2D eigenvalue weighted by molar-refractivity contribution is 9.09. The minimum Gasteiger partial charge on any atom is -0.453 e. The molecule has 1 N–H and O–H groups in total. The average Bonchev–Trinajstić information content (AvgIpc) is 2.35. The predicted molar refractivity (Wildman–Crippen MR) is 67.8 cm³/mol. The molecular formula is C12H16BrNO2. The van der Waals surface area contributed by atoms with Gasteiger partial charge in [0.25, 0.3) is 0 Å². The third-order valence-electron chi connectivity index (χ3n) is 2.25. The lowest BCUT2D eigenvalue weighted by molar-refractivity contribution is 0.171. The van der Waals surface area contributed by atoms with Gasteiger partial charge in [-0.3, -0.25) is 0 Å². The van der Waals surface area contributed by atoms with Crippen LogP contribution in [0.5, 0.6) is 0 Å². The number of hydrogen-bond acceptors (Lipinski definition) is 2. The molecule has 1 aromatic rings. The first-order chi connectivity index (χ1) is 7.74. The van der Waals surface area contributed by atoms with Crippen molar-refractivity contribution in [2.45, 2.75) is 17.7 Å². The van der Waals surface area contributed by atoms with Gasteiger partial charge in [0.1, 0.15) is 0 Å². The molecule has 0 heterocycles. The van der Waals surface area contributed by atoms with Crippen molar-refractivity contribution in [3.63, 3.8) is 0 Å². The first kappa shape index (κ1) is 13.0. The van der Waals surface area contributed by atoms with E-state index in [1.165, 1.54) is 12.7 Å². The number of rotatable bonds is 5. The molecule has 3 nitrogen and oxygen atoms in total. The summed E-state index contributed by atoms with van der Waals surface area (Å²) >= 11 is 3.63. The highest BCUT2D eigenvalue weighted by Crippen LogP contribution is 2.26. The predicted octanol–water partition coefficient (Wildman–Crippen LogP) is 3.26. The summed E-state index contributed by atoms with van der Waals surface area (Å²) < 4.78 is 4.48. The van der Waals surface area contributed by atoms with Gasteiger partial charge in [-0.2, -0.15) is 0 Å². The maximum Gasteiger partial charge on any atom is 0.406 e. The van der Waals surface area contributed by atoms with Crippen molar-refractivity contribution in [1.82, 2.24) is 5.32 Å². The van der Waals surface area contributed by atoms with Crippen molar-refractivity contribution >= 4 is 22.0 Å². The van der Waals surface area contributed by atoms with Crippen LogP contribution in [0.25, 0.3) is 0 Å². The molecule has 0 aliphatic rings. The Labute approximate surface area is 104 Å². The van der Waals surface area contributed by atoms with Gasteiger partial charge in [0, 0.05) is 11.4 Å². The van der Waals surface area contributed by atoms with Gasteiger partial charge < -0.3 is 10.1 Å². The molecule has 1 aromatic carbocycles. The average molecular weight is 286 g/mol. The Hall–Kier alpha value is -1.03. The fourth-order valence-electron chi connectivity index (χ4n) is 1.37. The molecule has 0 fully saturated rings. The second-order valence-electron chi connectivity index (χ2n) is 3.44. The lowest BCUT2D eigenvalue weighted by Gasteiger charge is -2.10. The van der Waals surface area contributed by atoms with Gasteiger partial charge >= 0.3 is 6.09 Å². The second kappa shape index (κ2) is 7.28. The number of ether oxygens (including phenoxy) is 1. The molecule has 0 saturated carbocycles. The molecule has 0 bridgehead atoms. The molecule has 4 heteroatoms. The molecule has 0 saturated heterocycles. The molecule has 88 valence electrons. The third-order valence-corrected chi connectivity index (χ3v) is 3.24. The number of carbonyl (C=O) groups excluding carboxylic acids is 1. The van der Waals surface area contributed by atoms with Crippen molar-refractivity contribution < 1.29 is 9.53 Å². The Morgan fingerprint density at radius 2 is 2.12 bits per heavy atom. The maximum atomic E-state index is 10.8. The summed E-state index contributed by atoms with van der Waals surface area (Å²) in [5.74, 6) is 0. The fraction of sp³-hybridized carbons (Fsp3) is 0.417. The van der Waals surface area contributed by atoms with E-state index in [0.717, 1.165) is 12.8 Å². The standard InChI is InChI=1S/C12H16BrNO2/c1-16-12(15)14-9-5-8-11(13)10-6-3-2-4-7-10/h2-4,6-7,11H,5,8-9H2,1H3,(H,14,15). The molecule has 0 radical (unpaired) electrons. The Morgan fingerprint density at radius 1 is 1.44 bits per heavy atom. The van der Waals surface area contributed by atoms with Crippen LogP contribution >= 0.6 is 15.9 Å². The smallest absolute Gasteiger partial charge is 0.406 e. The number of carbonyl (C=O) groups is 1. The molecule has 1 rings (SSSR count). The second-order valence-corrected chi connectivity index (χ2v) is 4.54. The first-order valence-electron chi connectivity index (χ1n) is 5.25. The van der Waals surface area contributed by atoms with E-state index in [2.05, 4.69) is 38.1 Å². The van der Waals surface area contributed by atoms with E-state index in [-0.39, 0.29) is 6.09 Å². The van der Waals surface area contributed by atoms with Crippen molar-refractivity contribution in [1.29, 1.82) is 0 Å². The van der Waals surface area contributed by atoms with Crippen molar-refractivity contribution in [2.24, 2.45) is 0 Å². The van der Waals surface area contributed by atoms with E-state index in [0.29, 0.717) is 11.4 Å². The van der Waals surface area contributed by atoms with Gasteiger partial charge in [-0.05, 0) is 18.4 Å². The van der Waals surface area contributed by atoms with E-state index in [1.54, 1.807) is 0 Å². The third kappa shape index (κ3) is 4.66. The normalized spacial score (nSPS) is 11.9. The number of nitrogens with one attached hydrogen (secondary N) is 1. The number of amides is 1. The van der Waals surface area contributed by atoms with Crippen LogP contribution in [0.4, 0.5) is 4.79 Å². The lowest BCUT2D eigenvalue weighted by atomic mass is 10.1. The van der Waals surface area contributed by atoms with Crippen molar-refractivity contribution in [3.8, 4) is 0 Å². The van der Waals surface area contributed by atoms with Gasteiger partial charge in [-0.1, -0.05) is 46.3 Å². The van der Waals surface area contributed by atoms with Crippen LogP contribution in [0, 0.1) is 0 Å². The summed E-state index contributed by atoms with van der Waals surface area (Å²) in [5.41, 5.74) is 1.26. The Morgan fingerprint density at radius 3 is 2.75 bits per heavy atom. The molecule has 0 aliphatic heterocycles. The number of hydrogen-bond donors (Lipinski definition) is 1. The van der Waals surface area contributed by atoms with E-state index < -0.39 is 0 Å². The quantitative estimate of drug-likeness (QED) is 0.666. The molecule has 0 spiro atoms. The SMILES string of the molecule is COC(=O)NCCCC(Br)c1ccccc1. The van der Waals surface area contributed by atoms with Crippen LogP contribution in [0.3, 0.4) is 0 Å². The summed E-state index contributed by atoms with van der Waals surface area (Å²) in [4.78, 5) is 11.1. The van der Waals surface area contributed by atoms with Crippen LogP contribution in [0.1, 0.15) is 23.2 Å². The summed E-state index contributed by atoms with van der Waals surface area (Å²) in [6.07, 6.45) is 1.53. The minimum absolute atomic E-state index is 0.341. The van der Waals surface area contributed by atoms with Crippen LogP contribution in [0.2, 0.25) is 0 Å².